The highest BCUT2D eigenvalue weighted by Gasteiger charge is 2.13. The maximum Gasteiger partial charge on any atom is 0.213 e. The quantitative estimate of drug-likeness (QED) is 0.198. The van der Waals surface area contributed by atoms with E-state index in [2.05, 4.69) is 21.5 Å². The molecule has 0 spiro atoms. The van der Waals surface area contributed by atoms with Crippen LogP contribution in [0.15, 0.2) is 4.99 Å². The van der Waals surface area contributed by atoms with E-state index in [-0.39, 0.29) is 29.7 Å². The smallest absolute Gasteiger partial charge is 0.213 e. The molecule has 20 heavy (non-hydrogen) atoms. The minimum absolute atomic E-state index is 0. The second-order valence-electron chi connectivity index (χ2n) is 3.89. The number of terminal acetylenes is 1. The van der Waals surface area contributed by atoms with Crippen molar-refractivity contribution in [2.45, 2.75) is 20.3 Å². The van der Waals surface area contributed by atoms with Crippen molar-refractivity contribution >= 4 is 40.0 Å². The van der Waals surface area contributed by atoms with Gasteiger partial charge in [-0.2, -0.15) is 0 Å². The lowest BCUT2D eigenvalue weighted by molar-refractivity contribution is 0.465. The molecule has 0 bridgehead atoms. The van der Waals surface area contributed by atoms with Crippen molar-refractivity contribution in [1.82, 2.24) is 14.9 Å². The maximum absolute atomic E-state index is 11.5. The van der Waals surface area contributed by atoms with Crippen molar-refractivity contribution in [2.24, 2.45) is 4.99 Å². The molecule has 0 aromatic rings. The van der Waals surface area contributed by atoms with E-state index in [4.69, 9.17) is 6.42 Å². The van der Waals surface area contributed by atoms with Gasteiger partial charge in [-0.1, -0.05) is 5.92 Å². The molecule has 118 valence electrons. The lowest BCUT2D eigenvalue weighted by Gasteiger charge is -2.15. The molecule has 0 aliphatic heterocycles. The van der Waals surface area contributed by atoms with Gasteiger partial charge in [-0.25, -0.2) is 12.7 Å². The zero-order valence-corrected chi connectivity index (χ0v) is 15.5. The first-order chi connectivity index (χ1) is 8.97. The Balaban J connectivity index is 0. The predicted molar refractivity (Wildman–Crippen MR) is 94.9 cm³/mol. The minimum Gasteiger partial charge on any atom is -0.357 e. The summed E-state index contributed by atoms with van der Waals surface area (Å²) >= 11 is 0. The number of hydrogen-bond acceptors (Lipinski definition) is 3. The molecule has 8 heteroatoms. The van der Waals surface area contributed by atoms with Crippen molar-refractivity contribution in [3.05, 3.63) is 0 Å². The van der Waals surface area contributed by atoms with Crippen LogP contribution in [0.4, 0.5) is 0 Å². The zero-order valence-electron chi connectivity index (χ0n) is 12.3. The third-order valence-electron chi connectivity index (χ3n) is 2.44. The van der Waals surface area contributed by atoms with Gasteiger partial charge in [0.1, 0.15) is 0 Å². The van der Waals surface area contributed by atoms with E-state index < -0.39 is 10.0 Å². The normalized spacial score (nSPS) is 11.7. The molecule has 0 aliphatic carbocycles. The highest BCUT2D eigenvalue weighted by atomic mass is 127. The monoisotopic (exact) mass is 416 g/mol. The summed E-state index contributed by atoms with van der Waals surface area (Å²) < 4.78 is 24.4. The summed E-state index contributed by atoms with van der Waals surface area (Å²) in [6.45, 7) is 5.78. The van der Waals surface area contributed by atoms with E-state index >= 15 is 0 Å². The van der Waals surface area contributed by atoms with Gasteiger partial charge >= 0.3 is 0 Å². The number of nitrogens with zero attached hydrogens (tertiary/aromatic N) is 2. The van der Waals surface area contributed by atoms with Gasteiger partial charge in [-0.15, -0.1) is 30.4 Å². The number of nitrogens with one attached hydrogen (secondary N) is 2. The Morgan fingerprint density at radius 3 is 2.50 bits per heavy atom. The molecule has 0 unspecified atom stereocenters. The fourth-order valence-electron chi connectivity index (χ4n) is 1.32. The second kappa shape index (κ2) is 12.2. The number of rotatable bonds is 8. The van der Waals surface area contributed by atoms with E-state index in [1.54, 1.807) is 14.0 Å². The molecule has 0 saturated carbocycles. The molecule has 0 heterocycles. The highest BCUT2D eigenvalue weighted by Crippen LogP contribution is 1.98. The van der Waals surface area contributed by atoms with Gasteiger partial charge in [0.15, 0.2) is 5.96 Å². The van der Waals surface area contributed by atoms with E-state index in [0.717, 1.165) is 6.54 Å². The first kappa shape index (κ1) is 21.8. The molecule has 0 aromatic carbocycles. The van der Waals surface area contributed by atoms with Gasteiger partial charge in [0.25, 0.3) is 0 Å². The van der Waals surface area contributed by atoms with Crippen LogP contribution in [0.5, 0.6) is 0 Å². The van der Waals surface area contributed by atoms with Crippen LogP contribution in [0.1, 0.15) is 20.3 Å². The van der Waals surface area contributed by atoms with Crippen LogP contribution in [-0.2, 0) is 10.0 Å². The van der Waals surface area contributed by atoms with Crippen molar-refractivity contribution in [2.75, 3.05) is 39.0 Å². The third-order valence-corrected chi connectivity index (χ3v) is 4.30. The molecule has 0 radical (unpaired) electrons. The Labute approximate surface area is 139 Å². The molecule has 0 aromatic heterocycles. The Morgan fingerprint density at radius 1 is 1.35 bits per heavy atom. The van der Waals surface area contributed by atoms with Crippen LogP contribution in [0.25, 0.3) is 0 Å². The fraction of sp³-hybridized carbons (Fsp3) is 0.750. The molecular formula is C12H25IN4O2S. The standard InChI is InChI=1S/C12H24N4O2S.HI/c1-5-9-14-12(13-6-2)15-10-8-11-16(4)19(17,18)7-3;/h1H,6-11H2,2-4H3,(H2,13,14,15);1H. The summed E-state index contributed by atoms with van der Waals surface area (Å²) in [5.41, 5.74) is 0. The summed E-state index contributed by atoms with van der Waals surface area (Å²) in [7, 11) is -1.51. The number of guanidine groups is 1. The van der Waals surface area contributed by atoms with E-state index in [1.807, 2.05) is 6.92 Å². The number of sulfonamides is 1. The summed E-state index contributed by atoms with van der Waals surface area (Å²) in [5, 5.41) is 6.03. The average Bonchev–Trinajstić information content (AvgIpc) is 2.40. The lowest BCUT2D eigenvalue weighted by Crippen LogP contribution is -2.37. The van der Waals surface area contributed by atoms with E-state index in [9.17, 15) is 8.42 Å². The van der Waals surface area contributed by atoms with Gasteiger partial charge < -0.3 is 10.6 Å². The number of hydrogen-bond donors (Lipinski definition) is 2. The molecule has 0 atom stereocenters. The molecule has 0 fully saturated rings. The zero-order chi connectivity index (χ0) is 14.7. The van der Waals surface area contributed by atoms with Crippen molar-refractivity contribution in [1.29, 1.82) is 0 Å². The molecule has 2 N–H and O–H groups in total. The predicted octanol–water partition coefficient (Wildman–Crippen LogP) is 0.464. The van der Waals surface area contributed by atoms with Gasteiger partial charge in [0, 0.05) is 26.7 Å². The van der Waals surface area contributed by atoms with Gasteiger partial charge in [-0.05, 0) is 20.3 Å². The Morgan fingerprint density at radius 2 is 2.00 bits per heavy atom. The number of aliphatic imine (C=N–C) groups is 1. The van der Waals surface area contributed by atoms with Crippen molar-refractivity contribution in [3.8, 4) is 12.3 Å². The second-order valence-corrected chi connectivity index (χ2v) is 6.26. The summed E-state index contributed by atoms with van der Waals surface area (Å²) in [4.78, 5) is 4.31. The molecule has 0 aliphatic rings. The van der Waals surface area contributed by atoms with Crippen LogP contribution >= 0.6 is 24.0 Å². The molecule has 6 nitrogen and oxygen atoms in total. The Bertz CT molecular complexity index is 418. The van der Waals surface area contributed by atoms with Crippen LogP contribution in [0, 0.1) is 12.3 Å². The summed E-state index contributed by atoms with van der Waals surface area (Å²) in [6, 6.07) is 0. The SMILES string of the molecule is C#CCNC(=NCCCN(C)S(=O)(=O)CC)NCC.I. The van der Waals surface area contributed by atoms with Crippen LogP contribution < -0.4 is 10.6 Å². The highest BCUT2D eigenvalue weighted by molar-refractivity contribution is 14.0. The lowest BCUT2D eigenvalue weighted by atomic mass is 10.4. The topological polar surface area (TPSA) is 73.8 Å². The van der Waals surface area contributed by atoms with Crippen LogP contribution in [0.3, 0.4) is 0 Å². The summed E-state index contributed by atoms with van der Waals surface area (Å²) in [5.74, 6) is 3.25. The first-order valence-electron chi connectivity index (χ1n) is 6.37. The van der Waals surface area contributed by atoms with Crippen LogP contribution in [-0.4, -0.2) is 57.7 Å². The van der Waals surface area contributed by atoms with Crippen LogP contribution in [0.2, 0.25) is 0 Å². The molecule has 0 saturated heterocycles. The van der Waals surface area contributed by atoms with Gasteiger partial charge in [0.2, 0.25) is 10.0 Å². The van der Waals surface area contributed by atoms with Gasteiger partial charge in [-0.3, -0.25) is 4.99 Å². The molecular weight excluding hydrogens is 391 g/mol. The Hall–Kier alpha value is -0.530. The van der Waals surface area contributed by atoms with E-state index in [1.165, 1.54) is 4.31 Å². The maximum atomic E-state index is 11.5. The fourth-order valence-corrected chi connectivity index (χ4v) is 2.17. The molecule has 0 rings (SSSR count). The number of halogens is 1. The third kappa shape index (κ3) is 9.39. The first-order valence-corrected chi connectivity index (χ1v) is 7.98. The average molecular weight is 416 g/mol. The largest absolute Gasteiger partial charge is 0.357 e. The van der Waals surface area contributed by atoms with Gasteiger partial charge in [0.05, 0.1) is 12.3 Å². The minimum atomic E-state index is -3.10. The molecule has 0 amide bonds. The van der Waals surface area contributed by atoms with E-state index in [0.29, 0.717) is 32.0 Å². The van der Waals surface area contributed by atoms with Crippen molar-refractivity contribution < 1.29 is 8.42 Å². The van der Waals surface area contributed by atoms with Crippen molar-refractivity contribution in [3.63, 3.8) is 0 Å². The Kier molecular flexibility index (Phi) is 13.3. The summed E-state index contributed by atoms with van der Waals surface area (Å²) in [6.07, 6.45) is 5.83.